The monoisotopic (exact) mass is 296 g/mol. The SMILES string of the molecule is CC(C)(C)N1CCN(c2cccc(Cl)c2C(=O)O)CC1. The second kappa shape index (κ2) is 5.62. The minimum absolute atomic E-state index is 0.149. The van der Waals surface area contributed by atoms with Gasteiger partial charge in [0.25, 0.3) is 0 Å². The van der Waals surface area contributed by atoms with Crippen LogP contribution in [0.15, 0.2) is 18.2 Å². The summed E-state index contributed by atoms with van der Waals surface area (Å²) in [5.41, 5.74) is 1.08. The number of benzene rings is 1. The number of nitrogens with zero attached hydrogens (tertiary/aromatic N) is 2. The molecule has 4 nitrogen and oxygen atoms in total. The van der Waals surface area contributed by atoms with E-state index in [2.05, 4.69) is 30.6 Å². The van der Waals surface area contributed by atoms with Gasteiger partial charge in [-0.25, -0.2) is 4.79 Å². The Bertz CT molecular complexity index is 503. The van der Waals surface area contributed by atoms with E-state index in [0.717, 1.165) is 31.9 Å². The maximum atomic E-state index is 11.4. The predicted molar refractivity (Wildman–Crippen MR) is 82.0 cm³/mol. The molecule has 20 heavy (non-hydrogen) atoms. The molecule has 0 aromatic heterocycles. The van der Waals surface area contributed by atoms with Crippen molar-refractivity contribution in [3.05, 3.63) is 28.8 Å². The molecule has 1 aliphatic rings. The topological polar surface area (TPSA) is 43.8 Å². The lowest BCUT2D eigenvalue weighted by Crippen LogP contribution is -2.53. The van der Waals surface area contributed by atoms with Crippen molar-refractivity contribution < 1.29 is 9.90 Å². The molecule has 0 radical (unpaired) electrons. The Morgan fingerprint density at radius 3 is 2.30 bits per heavy atom. The number of aromatic carboxylic acids is 1. The number of halogens is 1. The molecule has 1 aromatic carbocycles. The first kappa shape index (κ1) is 15.1. The number of hydrogen-bond acceptors (Lipinski definition) is 3. The number of carboxylic acids is 1. The average Bonchev–Trinajstić information content (AvgIpc) is 2.37. The van der Waals surface area contributed by atoms with Crippen molar-refractivity contribution in [1.29, 1.82) is 0 Å². The van der Waals surface area contributed by atoms with Crippen LogP contribution in [0.25, 0.3) is 0 Å². The van der Waals surface area contributed by atoms with Gasteiger partial charge in [-0.2, -0.15) is 0 Å². The van der Waals surface area contributed by atoms with Gasteiger partial charge in [0.2, 0.25) is 0 Å². The van der Waals surface area contributed by atoms with Crippen LogP contribution in [-0.4, -0.2) is 47.7 Å². The molecular weight excluding hydrogens is 276 g/mol. The fraction of sp³-hybridized carbons (Fsp3) is 0.533. The third-order valence-corrected chi connectivity index (χ3v) is 4.09. The standard InChI is InChI=1S/C15H21ClN2O2/c1-15(2,3)18-9-7-17(8-10-18)12-6-4-5-11(16)13(12)14(19)20/h4-6H,7-10H2,1-3H3,(H,19,20). The minimum Gasteiger partial charge on any atom is -0.478 e. The van der Waals surface area contributed by atoms with E-state index in [-0.39, 0.29) is 11.1 Å². The van der Waals surface area contributed by atoms with E-state index in [1.54, 1.807) is 12.1 Å². The number of carboxylic acid groups (broad SMARTS) is 1. The van der Waals surface area contributed by atoms with Crippen molar-refractivity contribution in [3.8, 4) is 0 Å². The van der Waals surface area contributed by atoms with Crippen LogP contribution < -0.4 is 4.90 Å². The first-order chi connectivity index (χ1) is 9.30. The number of rotatable bonds is 2. The van der Waals surface area contributed by atoms with Gasteiger partial charge in [-0.05, 0) is 32.9 Å². The highest BCUT2D eigenvalue weighted by Crippen LogP contribution is 2.29. The molecule has 0 aliphatic carbocycles. The summed E-state index contributed by atoms with van der Waals surface area (Å²) in [5, 5.41) is 9.64. The molecule has 1 fully saturated rings. The van der Waals surface area contributed by atoms with Crippen molar-refractivity contribution in [2.75, 3.05) is 31.1 Å². The van der Waals surface area contributed by atoms with Gasteiger partial charge in [0.05, 0.1) is 10.7 Å². The first-order valence-corrected chi connectivity index (χ1v) is 7.20. The fourth-order valence-corrected chi connectivity index (χ4v) is 2.86. The van der Waals surface area contributed by atoms with Crippen LogP contribution in [0.5, 0.6) is 0 Å². The zero-order valence-corrected chi connectivity index (χ0v) is 12.9. The molecule has 0 amide bonds. The van der Waals surface area contributed by atoms with Gasteiger partial charge >= 0.3 is 5.97 Å². The largest absolute Gasteiger partial charge is 0.478 e. The van der Waals surface area contributed by atoms with Gasteiger partial charge < -0.3 is 10.0 Å². The smallest absolute Gasteiger partial charge is 0.339 e. The van der Waals surface area contributed by atoms with Crippen molar-refractivity contribution >= 4 is 23.3 Å². The lowest BCUT2D eigenvalue weighted by atomic mass is 10.0. The van der Waals surface area contributed by atoms with Crippen molar-refractivity contribution in [2.45, 2.75) is 26.3 Å². The Labute approximate surface area is 124 Å². The van der Waals surface area contributed by atoms with Crippen LogP contribution in [0.1, 0.15) is 31.1 Å². The van der Waals surface area contributed by atoms with E-state index in [4.69, 9.17) is 11.6 Å². The van der Waals surface area contributed by atoms with Crippen molar-refractivity contribution in [2.24, 2.45) is 0 Å². The zero-order valence-electron chi connectivity index (χ0n) is 12.2. The van der Waals surface area contributed by atoms with E-state index in [0.29, 0.717) is 5.02 Å². The molecule has 0 atom stereocenters. The van der Waals surface area contributed by atoms with Crippen LogP contribution in [-0.2, 0) is 0 Å². The third-order valence-electron chi connectivity index (χ3n) is 3.77. The van der Waals surface area contributed by atoms with Crippen LogP contribution in [0.2, 0.25) is 5.02 Å². The second-order valence-corrected chi connectivity index (χ2v) is 6.49. The summed E-state index contributed by atoms with van der Waals surface area (Å²) in [5.74, 6) is -0.969. The molecule has 5 heteroatoms. The lowest BCUT2D eigenvalue weighted by molar-refractivity contribution is 0.0697. The summed E-state index contributed by atoms with van der Waals surface area (Å²) >= 11 is 6.03. The van der Waals surface area contributed by atoms with Crippen LogP contribution >= 0.6 is 11.6 Å². The third kappa shape index (κ3) is 3.07. The van der Waals surface area contributed by atoms with E-state index in [1.165, 1.54) is 0 Å². The van der Waals surface area contributed by atoms with Gasteiger partial charge in [0.1, 0.15) is 5.56 Å². The van der Waals surface area contributed by atoms with Gasteiger partial charge in [-0.15, -0.1) is 0 Å². The van der Waals surface area contributed by atoms with E-state index < -0.39 is 5.97 Å². The van der Waals surface area contributed by atoms with Crippen LogP contribution in [0, 0.1) is 0 Å². The summed E-state index contributed by atoms with van der Waals surface area (Å²) in [6.45, 7) is 10.1. The minimum atomic E-state index is -0.969. The van der Waals surface area contributed by atoms with Gasteiger partial charge in [-0.3, -0.25) is 4.90 Å². The molecule has 1 saturated heterocycles. The highest BCUT2D eigenvalue weighted by molar-refractivity contribution is 6.34. The van der Waals surface area contributed by atoms with Gasteiger partial charge in [-0.1, -0.05) is 17.7 Å². The molecule has 0 unspecified atom stereocenters. The number of piperazine rings is 1. The van der Waals surface area contributed by atoms with Crippen molar-refractivity contribution in [3.63, 3.8) is 0 Å². The quantitative estimate of drug-likeness (QED) is 0.911. The van der Waals surface area contributed by atoms with Gasteiger partial charge in [0.15, 0.2) is 0 Å². The molecule has 0 spiro atoms. The summed E-state index contributed by atoms with van der Waals surface area (Å²) in [6, 6.07) is 5.27. The van der Waals surface area contributed by atoms with Crippen molar-refractivity contribution in [1.82, 2.24) is 4.90 Å². The zero-order chi connectivity index (χ0) is 14.9. The Morgan fingerprint density at radius 1 is 1.20 bits per heavy atom. The summed E-state index contributed by atoms with van der Waals surface area (Å²) < 4.78 is 0. The normalized spacial score (nSPS) is 17.3. The number of carbonyl (C=O) groups is 1. The second-order valence-electron chi connectivity index (χ2n) is 6.08. The van der Waals surface area contributed by atoms with E-state index in [1.807, 2.05) is 6.07 Å². The Morgan fingerprint density at radius 2 is 1.80 bits per heavy atom. The molecule has 1 N–H and O–H groups in total. The Hall–Kier alpha value is -1.26. The number of hydrogen-bond donors (Lipinski definition) is 1. The highest BCUT2D eigenvalue weighted by Gasteiger charge is 2.28. The molecule has 1 aliphatic heterocycles. The maximum Gasteiger partial charge on any atom is 0.339 e. The average molecular weight is 297 g/mol. The highest BCUT2D eigenvalue weighted by atomic mass is 35.5. The van der Waals surface area contributed by atoms with E-state index >= 15 is 0 Å². The molecule has 0 bridgehead atoms. The van der Waals surface area contributed by atoms with Crippen LogP contribution in [0.3, 0.4) is 0 Å². The fourth-order valence-electron chi connectivity index (χ4n) is 2.61. The first-order valence-electron chi connectivity index (χ1n) is 6.82. The van der Waals surface area contributed by atoms with E-state index in [9.17, 15) is 9.90 Å². The molecular formula is C15H21ClN2O2. The molecule has 110 valence electrons. The summed E-state index contributed by atoms with van der Waals surface area (Å²) in [6.07, 6.45) is 0. The maximum absolute atomic E-state index is 11.4. The number of anilines is 1. The lowest BCUT2D eigenvalue weighted by Gasteiger charge is -2.43. The predicted octanol–water partition coefficient (Wildman–Crippen LogP) is 2.96. The van der Waals surface area contributed by atoms with Gasteiger partial charge in [0, 0.05) is 31.7 Å². The van der Waals surface area contributed by atoms with Crippen LogP contribution in [0.4, 0.5) is 5.69 Å². The summed E-state index contributed by atoms with van der Waals surface area (Å²) in [4.78, 5) is 15.9. The Kier molecular flexibility index (Phi) is 4.25. The Balaban J connectivity index is 2.19. The molecule has 1 aromatic rings. The molecule has 0 saturated carbocycles. The molecule has 1 heterocycles. The summed E-state index contributed by atoms with van der Waals surface area (Å²) in [7, 11) is 0. The molecule has 2 rings (SSSR count).